The number of ether oxygens (including phenoxy) is 1. The second-order valence-corrected chi connectivity index (χ2v) is 6.39. The molecule has 2 aromatic rings. The quantitative estimate of drug-likeness (QED) is 0.887. The first kappa shape index (κ1) is 14.1. The summed E-state index contributed by atoms with van der Waals surface area (Å²) < 4.78 is 12.6. The molecule has 0 unspecified atom stereocenters. The van der Waals surface area contributed by atoms with E-state index in [4.69, 9.17) is 9.15 Å². The first-order valence-electron chi connectivity index (χ1n) is 7.04. The Kier molecular flexibility index (Phi) is 3.89. The Labute approximate surface area is 127 Å². The third-order valence-electron chi connectivity index (χ3n) is 3.93. The summed E-state index contributed by atoms with van der Waals surface area (Å²) >= 11 is 3.67. The van der Waals surface area contributed by atoms with E-state index in [0.29, 0.717) is 12.6 Å². The number of benzene rings is 1. The number of fused-ring (bicyclic) bond motifs is 1. The molecule has 0 bridgehead atoms. The molecule has 0 saturated heterocycles. The fraction of sp³-hybridized carbons (Fsp3) is 0.500. The molecular weight excluding hydrogens is 318 g/mol. The molecule has 3 rings (SSSR count). The zero-order chi connectivity index (χ0) is 14.3. The third kappa shape index (κ3) is 2.52. The Morgan fingerprint density at radius 2 is 2.15 bits per heavy atom. The topological polar surface area (TPSA) is 34.4 Å². The zero-order valence-electron chi connectivity index (χ0n) is 12.2. The predicted octanol–water partition coefficient (Wildman–Crippen LogP) is 4.21. The Hall–Kier alpha value is -0.840. The Morgan fingerprint density at radius 3 is 2.80 bits per heavy atom. The molecule has 1 fully saturated rings. The average Bonchev–Trinajstić information content (AvgIpc) is 3.18. The zero-order valence-corrected chi connectivity index (χ0v) is 13.8. The third-order valence-corrected chi connectivity index (χ3v) is 5.15. The number of furan rings is 1. The highest BCUT2D eigenvalue weighted by molar-refractivity contribution is 9.10. The summed E-state index contributed by atoms with van der Waals surface area (Å²) in [5.41, 5.74) is 4.57. The molecule has 1 aromatic heterocycles. The van der Waals surface area contributed by atoms with Crippen molar-refractivity contribution in [1.29, 1.82) is 0 Å². The minimum atomic E-state index is 0.588. The molecule has 108 valence electrons. The van der Waals surface area contributed by atoms with Crippen molar-refractivity contribution in [1.82, 2.24) is 5.32 Å². The van der Waals surface area contributed by atoms with E-state index in [0.717, 1.165) is 22.4 Å². The summed E-state index contributed by atoms with van der Waals surface area (Å²) in [6.45, 7) is 5.60. The average molecular weight is 338 g/mol. The number of hydrogen-bond acceptors (Lipinski definition) is 3. The summed E-state index contributed by atoms with van der Waals surface area (Å²) in [4.78, 5) is 0. The van der Waals surface area contributed by atoms with E-state index < -0.39 is 0 Å². The normalized spacial score (nSPS) is 15.2. The number of rotatable bonds is 5. The van der Waals surface area contributed by atoms with Gasteiger partial charge in [0.15, 0.2) is 0 Å². The molecule has 3 nitrogen and oxygen atoms in total. The molecule has 0 aliphatic heterocycles. The number of halogens is 1. The van der Waals surface area contributed by atoms with Crippen molar-refractivity contribution in [2.75, 3.05) is 7.11 Å². The van der Waals surface area contributed by atoms with Crippen LogP contribution in [-0.4, -0.2) is 13.2 Å². The van der Waals surface area contributed by atoms with Crippen LogP contribution >= 0.6 is 15.9 Å². The summed E-state index contributed by atoms with van der Waals surface area (Å²) in [6.07, 6.45) is 2.56. The second-order valence-electron chi connectivity index (χ2n) is 5.60. The van der Waals surface area contributed by atoms with Crippen molar-refractivity contribution >= 4 is 26.9 Å². The van der Waals surface area contributed by atoms with Crippen molar-refractivity contribution in [3.8, 4) is 0 Å². The van der Waals surface area contributed by atoms with Gasteiger partial charge in [-0.25, -0.2) is 0 Å². The van der Waals surface area contributed by atoms with Gasteiger partial charge in [0.2, 0.25) is 0 Å². The van der Waals surface area contributed by atoms with Crippen LogP contribution in [-0.2, 0) is 17.9 Å². The van der Waals surface area contributed by atoms with Crippen LogP contribution < -0.4 is 5.32 Å². The van der Waals surface area contributed by atoms with Crippen LogP contribution in [0.4, 0.5) is 0 Å². The molecule has 0 radical (unpaired) electrons. The Bertz CT molecular complexity index is 644. The lowest BCUT2D eigenvalue weighted by Gasteiger charge is -2.06. The second kappa shape index (κ2) is 5.51. The van der Waals surface area contributed by atoms with Crippen molar-refractivity contribution in [3.63, 3.8) is 0 Å². The Morgan fingerprint density at radius 1 is 1.40 bits per heavy atom. The van der Waals surface area contributed by atoms with Crippen LogP contribution in [0, 0.1) is 13.8 Å². The van der Waals surface area contributed by atoms with Crippen molar-refractivity contribution < 1.29 is 9.15 Å². The summed E-state index contributed by atoms with van der Waals surface area (Å²) in [5.74, 6) is 1.01. The molecule has 1 aliphatic carbocycles. The van der Waals surface area contributed by atoms with Crippen LogP contribution in [0.15, 0.2) is 15.0 Å². The molecule has 1 aliphatic rings. The van der Waals surface area contributed by atoms with Gasteiger partial charge in [-0.2, -0.15) is 0 Å². The molecule has 0 amide bonds. The van der Waals surface area contributed by atoms with Gasteiger partial charge in [-0.15, -0.1) is 0 Å². The van der Waals surface area contributed by atoms with E-state index in [1.807, 2.05) is 0 Å². The molecule has 0 spiro atoms. The van der Waals surface area contributed by atoms with Gasteiger partial charge < -0.3 is 14.5 Å². The number of hydrogen-bond donors (Lipinski definition) is 1. The van der Waals surface area contributed by atoms with Crippen molar-refractivity contribution in [3.05, 3.63) is 33.0 Å². The maximum atomic E-state index is 6.08. The van der Waals surface area contributed by atoms with E-state index >= 15 is 0 Å². The maximum absolute atomic E-state index is 6.08. The molecule has 4 heteroatoms. The highest BCUT2D eigenvalue weighted by Gasteiger charge is 2.23. The summed E-state index contributed by atoms with van der Waals surface area (Å²) in [5, 5.41) is 4.71. The van der Waals surface area contributed by atoms with Crippen molar-refractivity contribution in [2.45, 2.75) is 45.9 Å². The fourth-order valence-corrected chi connectivity index (χ4v) is 2.99. The van der Waals surface area contributed by atoms with Gasteiger partial charge in [0, 0.05) is 28.6 Å². The highest BCUT2D eigenvalue weighted by Crippen LogP contribution is 2.35. The standard InChI is InChI=1S/C16H20BrNO2/c1-9-6-13-15(10(2)16(9)17)12(8-19-3)14(20-13)7-18-11-4-5-11/h6,11,18H,4-5,7-8H2,1-3H3. The molecular formula is C16H20BrNO2. The molecule has 20 heavy (non-hydrogen) atoms. The number of nitrogens with one attached hydrogen (secondary N) is 1. The predicted molar refractivity (Wildman–Crippen MR) is 84.0 cm³/mol. The summed E-state index contributed by atoms with van der Waals surface area (Å²) in [6, 6.07) is 2.78. The van der Waals surface area contributed by atoms with E-state index in [1.165, 1.54) is 34.9 Å². The smallest absolute Gasteiger partial charge is 0.135 e. The lowest BCUT2D eigenvalue weighted by atomic mass is 10.0. The van der Waals surface area contributed by atoms with E-state index in [9.17, 15) is 0 Å². The van der Waals surface area contributed by atoms with Gasteiger partial charge in [-0.1, -0.05) is 15.9 Å². The lowest BCUT2D eigenvalue weighted by molar-refractivity contribution is 0.183. The Balaban J connectivity index is 2.08. The number of aryl methyl sites for hydroxylation is 2. The SMILES string of the molecule is COCc1c(CNC2CC2)oc2cc(C)c(Br)c(C)c12. The fourth-order valence-electron chi connectivity index (χ4n) is 2.68. The monoisotopic (exact) mass is 337 g/mol. The number of methoxy groups -OCH3 is 1. The van der Waals surface area contributed by atoms with Gasteiger partial charge in [0.25, 0.3) is 0 Å². The summed E-state index contributed by atoms with van der Waals surface area (Å²) in [7, 11) is 1.73. The molecule has 1 aromatic carbocycles. The minimum absolute atomic E-state index is 0.588. The van der Waals surface area contributed by atoms with Crippen LogP contribution in [0.25, 0.3) is 11.0 Å². The van der Waals surface area contributed by atoms with Crippen LogP contribution in [0.3, 0.4) is 0 Å². The van der Waals surface area contributed by atoms with Gasteiger partial charge in [0.05, 0.1) is 13.2 Å². The molecule has 0 atom stereocenters. The van der Waals surface area contributed by atoms with E-state index in [2.05, 4.69) is 41.2 Å². The van der Waals surface area contributed by atoms with Gasteiger partial charge >= 0.3 is 0 Å². The van der Waals surface area contributed by atoms with Crippen LogP contribution in [0.5, 0.6) is 0 Å². The molecule has 1 N–H and O–H groups in total. The lowest BCUT2D eigenvalue weighted by Crippen LogP contribution is -2.15. The first-order valence-corrected chi connectivity index (χ1v) is 7.83. The highest BCUT2D eigenvalue weighted by atomic mass is 79.9. The van der Waals surface area contributed by atoms with Crippen molar-refractivity contribution in [2.24, 2.45) is 0 Å². The van der Waals surface area contributed by atoms with Gasteiger partial charge in [-0.05, 0) is 43.9 Å². The van der Waals surface area contributed by atoms with Gasteiger partial charge in [-0.3, -0.25) is 0 Å². The van der Waals surface area contributed by atoms with Gasteiger partial charge in [0.1, 0.15) is 11.3 Å². The minimum Gasteiger partial charge on any atom is -0.459 e. The largest absolute Gasteiger partial charge is 0.459 e. The maximum Gasteiger partial charge on any atom is 0.135 e. The first-order chi connectivity index (χ1) is 9.61. The van der Waals surface area contributed by atoms with E-state index in [1.54, 1.807) is 7.11 Å². The van der Waals surface area contributed by atoms with Crippen LogP contribution in [0.2, 0.25) is 0 Å². The van der Waals surface area contributed by atoms with E-state index in [-0.39, 0.29) is 0 Å². The van der Waals surface area contributed by atoms with Crippen LogP contribution in [0.1, 0.15) is 35.3 Å². The molecule has 1 saturated carbocycles. The molecule has 1 heterocycles.